The van der Waals surface area contributed by atoms with Crippen LogP contribution in [0.4, 0.5) is 5.69 Å². The Bertz CT molecular complexity index is 1070. The summed E-state index contributed by atoms with van der Waals surface area (Å²) in [6.45, 7) is -0.427. The summed E-state index contributed by atoms with van der Waals surface area (Å²) in [5.41, 5.74) is 1.55. The molecule has 0 unspecified atom stereocenters. The van der Waals surface area contributed by atoms with Crippen molar-refractivity contribution in [1.29, 1.82) is 0 Å². The molecule has 3 aromatic rings. The number of hydrogen-bond acceptors (Lipinski definition) is 6. The number of halogens is 1. The van der Waals surface area contributed by atoms with Crippen LogP contribution in [0.3, 0.4) is 0 Å². The van der Waals surface area contributed by atoms with Crippen LogP contribution < -0.4 is 10.1 Å². The van der Waals surface area contributed by atoms with E-state index in [9.17, 15) is 14.4 Å². The lowest BCUT2D eigenvalue weighted by atomic mass is 10.0. The number of hydrogen-bond donors (Lipinski definition) is 1. The normalized spacial score (nSPS) is 11.3. The van der Waals surface area contributed by atoms with Crippen LogP contribution in [0.15, 0.2) is 83.3 Å². The number of carbonyl (C=O) groups excluding carboxylic acids is 3. The summed E-state index contributed by atoms with van der Waals surface area (Å²) < 4.78 is 11.2. The number of rotatable bonds is 10. The first kappa shape index (κ1) is 23.2. The van der Waals surface area contributed by atoms with Gasteiger partial charge in [-0.3, -0.25) is 9.59 Å². The van der Waals surface area contributed by atoms with Gasteiger partial charge in [-0.1, -0.05) is 46.3 Å². The molecule has 0 saturated carbocycles. The summed E-state index contributed by atoms with van der Waals surface area (Å²) in [5, 5.41) is 3.04. The van der Waals surface area contributed by atoms with Crippen LogP contribution in [0.5, 0.6) is 5.75 Å². The predicted molar refractivity (Wildman–Crippen MR) is 125 cm³/mol. The van der Waals surface area contributed by atoms with Crippen molar-refractivity contribution >= 4 is 39.2 Å². The second-order valence-electron chi connectivity index (χ2n) is 6.96. The number of nitrogens with one attached hydrogen (secondary N) is 1. The SMILES string of the molecule is COc1ccc(C(=O)COC(=O)[C@H](CC(=O)c2ccccc2)Nc2ccc(Br)cc2)cc1. The maximum Gasteiger partial charge on any atom is 0.329 e. The topological polar surface area (TPSA) is 81.7 Å². The van der Waals surface area contributed by atoms with Gasteiger partial charge in [-0.25, -0.2) is 4.79 Å². The molecule has 0 saturated heterocycles. The standard InChI is InChI=1S/C25H22BrNO5/c1-31-21-13-7-18(8-14-21)24(29)16-32-25(30)22(27-20-11-9-19(26)10-12-20)15-23(28)17-5-3-2-4-6-17/h2-14,22,27H,15-16H2,1H3/t22-/m0/s1. The maximum atomic E-state index is 12.8. The van der Waals surface area contributed by atoms with Gasteiger partial charge < -0.3 is 14.8 Å². The number of anilines is 1. The molecule has 0 spiro atoms. The highest BCUT2D eigenvalue weighted by Crippen LogP contribution is 2.18. The highest BCUT2D eigenvalue weighted by molar-refractivity contribution is 9.10. The zero-order valence-corrected chi connectivity index (χ0v) is 19.0. The van der Waals surface area contributed by atoms with E-state index in [1.54, 1.807) is 60.7 Å². The van der Waals surface area contributed by atoms with Crippen LogP contribution in [0, 0.1) is 0 Å². The number of benzene rings is 3. The van der Waals surface area contributed by atoms with Gasteiger partial charge in [0.15, 0.2) is 18.2 Å². The fraction of sp³-hybridized carbons (Fsp3) is 0.160. The summed E-state index contributed by atoms with van der Waals surface area (Å²) in [6.07, 6.45) is -0.115. The van der Waals surface area contributed by atoms with Gasteiger partial charge in [-0.05, 0) is 48.5 Å². The molecule has 1 N–H and O–H groups in total. The minimum Gasteiger partial charge on any atom is -0.497 e. The molecule has 1 atom stereocenters. The lowest BCUT2D eigenvalue weighted by Crippen LogP contribution is -2.34. The molecular formula is C25H22BrNO5. The van der Waals surface area contributed by atoms with Gasteiger partial charge >= 0.3 is 5.97 Å². The molecule has 0 aromatic heterocycles. The molecule has 3 rings (SSSR count). The average molecular weight is 496 g/mol. The van der Waals surface area contributed by atoms with Gasteiger partial charge in [0, 0.05) is 27.7 Å². The third kappa shape index (κ3) is 6.52. The van der Waals surface area contributed by atoms with Crippen molar-refractivity contribution in [1.82, 2.24) is 0 Å². The van der Waals surface area contributed by atoms with Crippen LogP contribution >= 0.6 is 15.9 Å². The van der Waals surface area contributed by atoms with E-state index in [-0.39, 0.29) is 18.0 Å². The lowest BCUT2D eigenvalue weighted by molar-refractivity contribution is -0.143. The maximum absolute atomic E-state index is 12.8. The van der Waals surface area contributed by atoms with E-state index in [0.717, 1.165) is 4.47 Å². The molecule has 32 heavy (non-hydrogen) atoms. The third-order valence-corrected chi connectivity index (χ3v) is 5.24. The number of ether oxygens (including phenoxy) is 2. The molecule has 6 nitrogen and oxygen atoms in total. The molecule has 0 amide bonds. The number of Topliss-reactive ketones (excluding diaryl/α,β-unsaturated/α-hetero) is 2. The lowest BCUT2D eigenvalue weighted by Gasteiger charge is -2.18. The number of esters is 1. The van der Waals surface area contributed by atoms with Gasteiger partial charge in [0.2, 0.25) is 0 Å². The summed E-state index contributed by atoms with van der Waals surface area (Å²) in [7, 11) is 1.54. The van der Waals surface area contributed by atoms with Crippen molar-refractivity contribution in [2.75, 3.05) is 19.0 Å². The highest BCUT2D eigenvalue weighted by Gasteiger charge is 2.25. The van der Waals surface area contributed by atoms with E-state index < -0.39 is 18.6 Å². The Balaban J connectivity index is 1.69. The van der Waals surface area contributed by atoms with Crippen molar-refractivity contribution in [3.63, 3.8) is 0 Å². The second kappa shape index (κ2) is 11.2. The molecule has 3 aromatic carbocycles. The molecule has 7 heteroatoms. The van der Waals surface area contributed by atoms with E-state index in [1.165, 1.54) is 7.11 Å². The first-order valence-corrected chi connectivity index (χ1v) is 10.7. The highest BCUT2D eigenvalue weighted by atomic mass is 79.9. The van der Waals surface area contributed by atoms with Gasteiger partial charge in [0.05, 0.1) is 7.11 Å². The van der Waals surface area contributed by atoms with Crippen molar-refractivity contribution in [3.05, 3.63) is 94.5 Å². The van der Waals surface area contributed by atoms with E-state index in [2.05, 4.69) is 21.2 Å². The van der Waals surface area contributed by atoms with Crippen molar-refractivity contribution in [2.24, 2.45) is 0 Å². The Morgan fingerprint density at radius 3 is 2.09 bits per heavy atom. The Morgan fingerprint density at radius 2 is 1.47 bits per heavy atom. The number of ketones is 2. The molecule has 0 heterocycles. The zero-order chi connectivity index (χ0) is 22.9. The fourth-order valence-corrected chi connectivity index (χ4v) is 3.23. The smallest absolute Gasteiger partial charge is 0.329 e. The van der Waals surface area contributed by atoms with Crippen molar-refractivity contribution < 1.29 is 23.9 Å². The van der Waals surface area contributed by atoms with E-state index in [0.29, 0.717) is 22.6 Å². The minimum atomic E-state index is -0.951. The first-order valence-electron chi connectivity index (χ1n) is 9.90. The first-order chi connectivity index (χ1) is 15.5. The van der Waals surface area contributed by atoms with Crippen LogP contribution in [-0.4, -0.2) is 37.3 Å². The quantitative estimate of drug-likeness (QED) is 0.317. The molecule has 0 fully saturated rings. The number of carbonyl (C=O) groups is 3. The van der Waals surface area contributed by atoms with Crippen LogP contribution in [0.25, 0.3) is 0 Å². The second-order valence-corrected chi connectivity index (χ2v) is 7.87. The van der Waals surface area contributed by atoms with Crippen molar-refractivity contribution in [2.45, 2.75) is 12.5 Å². The summed E-state index contributed by atoms with van der Waals surface area (Å²) in [6, 6.07) is 21.5. The van der Waals surface area contributed by atoms with Crippen LogP contribution in [-0.2, 0) is 9.53 Å². The molecule has 0 aliphatic carbocycles. The fourth-order valence-electron chi connectivity index (χ4n) is 2.97. The predicted octanol–water partition coefficient (Wildman–Crippen LogP) is 4.94. The van der Waals surface area contributed by atoms with Gasteiger partial charge in [0.25, 0.3) is 0 Å². The van der Waals surface area contributed by atoms with Gasteiger partial charge in [-0.15, -0.1) is 0 Å². The Kier molecular flexibility index (Phi) is 8.16. The molecule has 0 bridgehead atoms. The Labute approximate surface area is 194 Å². The summed E-state index contributed by atoms with van der Waals surface area (Å²) >= 11 is 3.36. The van der Waals surface area contributed by atoms with E-state index in [1.807, 2.05) is 18.2 Å². The Hall–Kier alpha value is -3.45. The zero-order valence-electron chi connectivity index (χ0n) is 17.4. The minimum absolute atomic E-state index is 0.115. The third-order valence-electron chi connectivity index (χ3n) is 4.71. The summed E-state index contributed by atoms with van der Waals surface area (Å²) in [4.78, 5) is 37.9. The van der Waals surface area contributed by atoms with Gasteiger partial charge in [0.1, 0.15) is 11.8 Å². The van der Waals surface area contributed by atoms with Gasteiger partial charge in [-0.2, -0.15) is 0 Å². The average Bonchev–Trinajstić information content (AvgIpc) is 2.83. The molecule has 0 aliphatic heterocycles. The molecular weight excluding hydrogens is 474 g/mol. The van der Waals surface area contributed by atoms with E-state index in [4.69, 9.17) is 9.47 Å². The molecule has 164 valence electrons. The van der Waals surface area contributed by atoms with Crippen molar-refractivity contribution in [3.8, 4) is 5.75 Å². The van der Waals surface area contributed by atoms with Crippen LogP contribution in [0.1, 0.15) is 27.1 Å². The number of methoxy groups -OCH3 is 1. The summed E-state index contributed by atoms with van der Waals surface area (Å²) in [5.74, 6) is -0.618. The molecule has 0 radical (unpaired) electrons. The van der Waals surface area contributed by atoms with E-state index >= 15 is 0 Å². The Morgan fingerprint density at radius 1 is 0.844 bits per heavy atom. The largest absolute Gasteiger partial charge is 0.497 e. The van der Waals surface area contributed by atoms with Crippen LogP contribution in [0.2, 0.25) is 0 Å². The monoisotopic (exact) mass is 495 g/mol. The molecule has 0 aliphatic rings.